The third-order valence-corrected chi connectivity index (χ3v) is 4.00. The second kappa shape index (κ2) is 6.89. The monoisotopic (exact) mass is 332 g/mol. The average Bonchev–Trinajstić information content (AvgIpc) is 2.86. The van der Waals surface area contributed by atoms with Gasteiger partial charge in [0.05, 0.1) is 23.3 Å². The summed E-state index contributed by atoms with van der Waals surface area (Å²) in [6.45, 7) is 12.3. The molecule has 2 aromatic heterocycles. The fourth-order valence-corrected chi connectivity index (χ4v) is 3.00. The van der Waals surface area contributed by atoms with Gasteiger partial charge >= 0.3 is 0 Å². The number of carbonyl (C=O) groups excluding carboxylic acids is 1. The Kier molecular flexibility index (Phi) is 5.28. The van der Waals surface area contributed by atoms with Crippen molar-refractivity contribution in [3.63, 3.8) is 0 Å². The largest absolute Gasteiger partial charge is 0.393 e. The van der Waals surface area contributed by atoms with Gasteiger partial charge in [0.15, 0.2) is 5.65 Å². The molecule has 2 aromatic rings. The number of hydrogen-bond acceptors (Lipinski definition) is 4. The summed E-state index contributed by atoms with van der Waals surface area (Å²) in [5.41, 5.74) is 1.95. The van der Waals surface area contributed by atoms with Crippen LogP contribution in [0, 0.1) is 12.3 Å². The number of nitrogens with one attached hydrogen (secondary N) is 1. The zero-order valence-electron chi connectivity index (χ0n) is 15.4. The first-order chi connectivity index (χ1) is 11.1. The molecule has 6 heteroatoms. The van der Waals surface area contributed by atoms with Crippen molar-refractivity contribution in [2.24, 2.45) is 5.41 Å². The van der Waals surface area contributed by atoms with Crippen LogP contribution < -0.4 is 5.32 Å². The molecule has 24 heavy (non-hydrogen) atoms. The smallest absolute Gasteiger partial charge is 0.252 e. The van der Waals surface area contributed by atoms with Crippen molar-refractivity contribution in [1.82, 2.24) is 20.1 Å². The number of aryl methyl sites for hydroxylation is 1. The summed E-state index contributed by atoms with van der Waals surface area (Å²) in [6.07, 6.45) is 1.94. The number of rotatable bonds is 6. The molecule has 2 heterocycles. The second-order valence-corrected chi connectivity index (χ2v) is 7.63. The predicted octanol–water partition coefficient (Wildman–Crippen LogP) is 2.85. The standard InChI is InChI=1S/C18H28N4O2/c1-11(2)22-16-15(9-20-22)14(7-12(3)21-16)17(24)19-10-18(5,6)8-13(4)23/h7,9,11,13,23H,8,10H2,1-6H3,(H,19,24). The van der Waals surface area contributed by atoms with E-state index < -0.39 is 6.10 Å². The van der Waals surface area contributed by atoms with Gasteiger partial charge < -0.3 is 10.4 Å². The maximum absolute atomic E-state index is 12.7. The minimum atomic E-state index is -0.393. The fraction of sp³-hybridized carbons (Fsp3) is 0.611. The van der Waals surface area contributed by atoms with Gasteiger partial charge in [-0.05, 0) is 45.6 Å². The molecule has 1 amide bonds. The summed E-state index contributed by atoms with van der Waals surface area (Å²) in [7, 11) is 0. The molecule has 0 aliphatic carbocycles. The van der Waals surface area contributed by atoms with E-state index in [1.165, 1.54) is 0 Å². The first kappa shape index (κ1) is 18.4. The first-order valence-corrected chi connectivity index (χ1v) is 8.42. The van der Waals surface area contributed by atoms with E-state index in [1.807, 2.05) is 39.3 Å². The van der Waals surface area contributed by atoms with E-state index in [-0.39, 0.29) is 17.4 Å². The molecule has 0 fully saturated rings. The van der Waals surface area contributed by atoms with E-state index in [9.17, 15) is 9.90 Å². The lowest BCUT2D eigenvalue weighted by Crippen LogP contribution is -2.35. The Labute approximate surface area is 143 Å². The molecule has 0 aromatic carbocycles. The van der Waals surface area contributed by atoms with E-state index in [4.69, 9.17) is 0 Å². The number of hydrogen-bond donors (Lipinski definition) is 2. The molecule has 1 atom stereocenters. The summed E-state index contributed by atoms with van der Waals surface area (Å²) in [4.78, 5) is 17.2. The zero-order chi connectivity index (χ0) is 18.1. The minimum Gasteiger partial charge on any atom is -0.393 e. The maximum Gasteiger partial charge on any atom is 0.252 e. The quantitative estimate of drug-likeness (QED) is 0.852. The lowest BCUT2D eigenvalue weighted by molar-refractivity contribution is 0.0903. The summed E-state index contributed by atoms with van der Waals surface area (Å²) in [5.74, 6) is -0.132. The number of pyridine rings is 1. The van der Waals surface area contributed by atoms with Crippen molar-refractivity contribution in [3.8, 4) is 0 Å². The highest BCUT2D eigenvalue weighted by Crippen LogP contribution is 2.23. The van der Waals surface area contributed by atoms with Crippen molar-refractivity contribution in [3.05, 3.63) is 23.5 Å². The van der Waals surface area contributed by atoms with Crippen LogP contribution in [0.4, 0.5) is 0 Å². The van der Waals surface area contributed by atoms with Gasteiger partial charge in [0.25, 0.3) is 5.91 Å². The maximum atomic E-state index is 12.7. The van der Waals surface area contributed by atoms with Crippen LogP contribution in [0.1, 0.15) is 63.1 Å². The van der Waals surface area contributed by atoms with Crippen molar-refractivity contribution in [1.29, 1.82) is 0 Å². The minimum absolute atomic E-state index is 0.132. The van der Waals surface area contributed by atoms with Crippen molar-refractivity contribution >= 4 is 16.9 Å². The lowest BCUT2D eigenvalue weighted by atomic mass is 9.87. The topological polar surface area (TPSA) is 80.0 Å². The van der Waals surface area contributed by atoms with Gasteiger partial charge in [0, 0.05) is 18.3 Å². The summed E-state index contributed by atoms with van der Waals surface area (Å²) in [6, 6.07) is 1.98. The molecule has 1 unspecified atom stereocenters. The highest BCUT2D eigenvalue weighted by molar-refractivity contribution is 6.05. The van der Waals surface area contributed by atoms with Crippen LogP contribution >= 0.6 is 0 Å². The van der Waals surface area contributed by atoms with Crippen LogP contribution in [-0.2, 0) is 0 Å². The number of amides is 1. The number of carbonyl (C=O) groups is 1. The number of nitrogens with zero attached hydrogens (tertiary/aromatic N) is 3. The summed E-state index contributed by atoms with van der Waals surface area (Å²) >= 11 is 0. The van der Waals surface area contributed by atoms with Gasteiger partial charge in [0.2, 0.25) is 0 Å². The Morgan fingerprint density at radius 2 is 2.04 bits per heavy atom. The molecule has 0 saturated carbocycles. The molecule has 2 rings (SSSR count). The van der Waals surface area contributed by atoms with Crippen molar-refractivity contribution in [2.45, 2.75) is 60.1 Å². The van der Waals surface area contributed by atoms with Crippen LogP contribution in [0.15, 0.2) is 12.3 Å². The van der Waals surface area contributed by atoms with Gasteiger partial charge in [-0.1, -0.05) is 13.8 Å². The van der Waals surface area contributed by atoms with Gasteiger partial charge in [-0.25, -0.2) is 9.67 Å². The van der Waals surface area contributed by atoms with E-state index in [1.54, 1.807) is 19.2 Å². The van der Waals surface area contributed by atoms with Crippen LogP contribution in [0.2, 0.25) is 0 Å². The molecule has 0 radical (unpaired) electrons. The highest BCUT2D eigenvalue weighted by atomic mass is 16.3. The Balaban J connectivity index is 2.27. The number of aliphatic hydroxyl groups is 1. The average molecular weight is 332 g/mol. The van der Waals surface area contributed by atoms with Gasteiger partial charge in [-0.3, -0.25) is 4.79 Å². The number of fused-ring (bicyclic) bond motifs is 1. The molecular formula is C18H28N4O2. The molecule has 132 valence electrons. The number of aliphatic hydroxyl groups excluding tert-OH is 1. The van der Waals surface area contributed by atoms with Crippen LogP contribution in [0.25, 0.3) is 11.0 Å². The molecule has 0 aliphatic heterocycles. The molecule has 0 saturated heterocycles. The van der Waals surface area contributed by atoms with Crippen molar-refractivity contribution in [2.75, 3.05) is 6.54 Å². The van der Waals surface area contributed by atoms with E-state index in [0.29, 0.717) is 18.5 Å². The van der Waals surface area contributed by atoms with Gasteiger partial charge in [-0.2, -0.15) is 5.10 Å². The van der Waals surface area contributed by atoms with E-state index in [0.717, 1.165) is 16.7 Å². The predicted molar refractivity (Wildman–Crippen MR) is 95.1 cm³/mol. The Morgan fingerprint density at radius 1 is 1.38 bits per heavy atom. The molecule has 6 nitrogen and oxygen atoms in total. The molecule has 0 aliphatic rings. The van der Waals surface area contributed by atoms with Crippen LogP contribution in [0.5, 0.6) is 0 Å². The molecule has 0 spiro atoms. The highest BCUT2D eigenvalue weighted by Gasteiger charge is 2.23. The normalized spacial score (nSPS) is 13.5. The Bertz CT molecular complexity index is 732. The fourth-order valence-electron chi connectivity index (χ4n) is 3.00. The third-order valence-electron chi connectivity index (χ3n) is 4.00. The second-order valence-electron chi connectivity index (χ2n) is 7.63. The lowest BCUT2D eigenvalue weighted by Gasteiger charge is -2.26. The Morgan fingerprint density at radius 3 is 2.62 bits per heavy atom. The summed E-state index contributed by atoms with van der Waals surface area (Å²) in [5, 5.41) is 17.7. The molecular weight excluding hydrogens is 304 g/mol. The zero-order valence-corrected chi connectivity index (χ0v) is 15.4. The van der Waals surface area contributed by atoms with E-state index >= 15 is 0 Å². The molecule has 0 bridgehead atoms. The molecule has 2 N–H and O–H groups in total. The first-order valence-electron chi connectivity index (χ1n) is 8.42. The Hall–Kier alpha value is -1.95. The summed E-state index contributed by atoms with van der Waals surface area (Å²) < 4.78 is 1.83. The number of aromatic nitrogens is 3. The van der Waals surface area contributed by atoms with Crippen LogP contribution in [-0.4, -0.2) is 38.4 Å². The van der Waals surface area contributed by atoms with Gasteiger partial charge in [0.1, 0.15) is 0 Å². The SMILES string of the molecule is Cc1cc(C(=O)NCC(C)(C)CC(C)O)c2cnn(C(C)C)c2n1. The van der Waals surface area contributed by atoms with Gasteiger partial charge in [-0.15, -0.1) is 0 Å². The third kappa shape index (κ3) is 4.12. The van der Waals surface area contributed by atoms with Crippen LogP contribution in [0.3, 0.4) is 0 Å². The van der Waals surface area contributed by atoms with Crippen molar-refractivity contribution < 1.29 is 9.90 Å². The van der Waals surface area contributed by atoms with E-state index in [2.05, 4.69) is 15.4 Å².